The lowest BCUT2D eigenvalue weighted by Gasteiger charge is -2.15. The van der Waals surface area contributed by atoms with Crippen LogP contribution in [0.15, 0.2) is 210 Å². The summed E-state index contributed by atoms with van der Waals surface area (Å²) in [6.45, 7) is 0. The Morgan fingerprint density at radius 1 is 0.400 bits per heavy atom. The van der Waals surface area contributed by atoms with Gasteiger partial charge in [0.25, 0.3) is 0 Å². The molecule has 0 amide bonds. The molecule has 12 rings (SSSR count). The van der Waals surface area contributed by atoms with Gasteiger partial charge in [-0.3, -0.25) is 0 Å². The van der Waals surface area contributed by atoms with Crippen LogP contribution in [0.3, 0.4) is 0 Å². The van der Waals surface area contributed by atoms with Gasteiger partial charge >= 0.3 is 0 Å². The molecule has 0 fully saturated rings. The Bertz CT molecular complexity index is 4440. The van der Waals surface area contributed by atoms with Crippen molar-refractivity contribution in [2.24, 2.45) is 0 Å². The Labute approximate surface area is 365 Å². The Morgan fingerprint density at radius 3 is 1.90 bits per heavy atom. The highest BCUT2D eigenvalue weighted by Gasteiger charge is 2.20. The number of benzene rings is 9. The molecular formula is C55H34N4O. The Kier molecular flexibility index (Phi) is 5.20. The first-order valence-corrected chi connectivity index (χ1v) is 19.0. The summed E-state index contributed by atoms with van der Waals surface area (Å²) >= 11 is 0. The molecule has 3 heterocycles. The molecule has 0 bridgehead atoms. The van der Waals surface area contributed by atoms with Crippen molar-refractivity contribution >= 4 is 54.5 Å². The number of para-hydroxylation sites is 5. The van der Waals surface area contributed by atoms with E-state index in [1.807, 2.05) is 60.7 Å². The summed E-state index contributed by atoms with van der Waals surface area (Å²) in [7, 11) is 0. The van der Waals surface area contributed by atoms with E-state index in [2.05, 4.69) is 6.07 Å². The van der Waals surface area contributed by atoms with Crippen molar-refractivity contribution in [1.82, 2.24) is 19.5 Å². The fourth-order valence-corrected chi connectivity index (χ4v) is 7.86. The van der Waals surface area contributed by atoms with E-state index in [-0.39, 0.29) is 91.0 Å². The molecule has 0 saturated heterocycles. The fraction of sp³-hybridized carbons (Fsp3) is 0. The molecular weight excluding hydrogens is 733 g/mol. The molecule has 12 aromatic rings. The fourth-order valence-electron chi connectivity index (χ4n) is 7.86. The molecule has 5 nitrogen and oxygen atoms in total. The van der Waals surface area contributed by atoms with Gasteiger partial charge in [0, 0.05) is 43.8 Å². The monoisotopic (exact) mass is 780 g/mol. The van der Waals surface area contributed by atoms with Crippen LogP contribution < -0.4 is 0 Å². The van der Waals surface area contributed by atoms with E-state index < -0.39 is 60.4 Å². The van der Waals surface area contributed by atoms with Crippen molar-refractivity contribution in [2.45, 2.75) is 0 Å². The van der Waals surface area contributed by atoms with Gasteiger partial charge in [0.05, 0.1) is 35.9 Å². The lowest BCUT2D eigenvalue weighted by molar-refractivity contribution is 0.670. The SMILES string of the molecule is [2H]c1cc([2H])c2c(c1[2H])c1c([2H])c([2H])c([2H])c([2H])c1n2-c1ccccc1-c1nc(-c2cccc(-c3c([2H])c([2H])c([2H])c4c3oc3c([2H])c([2H])c([2H])c([2H])c34)c2)nc(-c2ccc3cc(-c4ccccc4)ccc3c2)n1. The Hall–Kier alpha value is -8.15. The van der Waals surface area contributed by atoms with E-state index >= 15 is 0 Å². The van der Waals surface area contributed by atoms with Crippen molar-refractivity contribution in [3.05, 3.63) is 206 Å². The lowest BCUT2D eigenvalue weighted by atomic mass is 9.99. The van der Waals surface area contributed by atoms with Crippen LogP contribution in [0.2, 0.25) is 0 Å². The summed E-state index contributed by atoms with van der Waals surface area (Å²) in [6.07, 6.45) is 0. The van der Waals surface area contributed by atoms with Gasteiger partial charge in [-0.15, -0.1) is 0 Å². The highest BCUT2D eigenvalue weighted by atomic mass is 16.3. The van der Waals surface area contributed by atoms with Gasteiger partial charge in [-0.25, -0.2) is 15.0 Å². The molecule has 280 valence electrons. The molecule has 5 heteroatoms. The second-order valence-electron chi connectivity index (χ2n) is 14.1. The standard InChI is InChI=1S/C55H34N4O/c1-2-14-35(15-3-1)36-28-29-38-33-41(31-30-37(38)32-36)54-56-53(40-17-12-16-39(34-40)42-22-13-23-46-45-20-7-11-27-51(45)60-52(42)46)57-55(58-54)47-21-6-10-26-50(47)59-48-24-8-4-18-43(48)44-19-5-9-25-49(44)59/h1-34H/i4D,5D,7D,8D,11D,13D,18D,19D,20D,22D,23D,24D,25D,27D. The Morgan fingerprint density at radius 2 is 1.03 bits per heavy atom. The molecule has 60 heavy (non-hydrogen) atoms. The highest BCUT2D eigenvalue weighted by molar-refractivity contribution is 6.10. The van der Waals surface area contributed by atoms with Gasteiger partial charge in [0.1, 0.15) is 11.2 Å². The predicted molar refractivity (Wildman–Crippen MR) is 246 cm³/mol. The summed E-state index contributed by atoms with van der Waals surface area (Å²) in [5, 5.41) is 1.73. The summed E-state index contributed by atoms with van der Waals surface area (Å²) in [5.41, 5.74) is 3.90. The molecule has 3 aromatic heterocycles. The molecule has 0 spiro atoms. The minimum atomic E-state index is -0.536. The Balaban J connectivity index is 1.11. The molecule has 0 unspecified atom stereocenters. The summed E-state index contributed by atoms with van der Waals surface area (Å²) in [4.78, 5) is 15.2. The van der Waals surface area contributed by atoms with Crippen LogP contribution in [0.25, 0.3) is 117 Å². The highest BCUT2D eigenvalue weighted by Crippen LogP contribution is 2.39. The van der Waals surface area contributed by atoms with Crippen LogP contribution in [0.1, 0.15) is 19.2 Å². The minimum Gasteiger partial charge on any atom is -0.455 e. The second-order valence-corrected chi connectivity index (χ2v) is 14.1. The number of fused-ring (bicyclic) bond motifs is 7. The van der Waals surface area contributed by atoms with Crippen molar-refractivity contribution in [1.29, 1.82) is 0 Å². The zero-order valence-corrected chi connectivity index (χ0v) is 31.2. The third kappa shape index (κ3) is 5.59. The van der Waals surface area contributed by atoms with Gasteiger partial charge in [-0.1, -0.05) is 157 Å². The van der Waals surface area contributed by atoms with Crippen LogP contribution in [0, 0.1) is 0 Å². The molecule has 0 atom stereocenters. The van der Waals surface area contributed by atoms with E-state index in [9.17, 15) is 1.37 Å². The molecule has 0 N–H and O–H groups in total. The van der Waals surface area contributed by atoms with Gasteiger partial charge in [-0.05, 0) is 75.9 Å². The molecule has 0 aliphatic rings. The van der Waals surface area contributed by atoms with Crippen molar-refractivity contribution in [2.75, 3.05) is 0 Å². The second kappa shape index (κ2) is 13.8. The number of aromatic nitrogens is 4. The first-order chi connectivity index (χ1) is 35.5. The number of nitrogens with zero attached hydrogens (tertiary/aromatic N) is 4. The molecule has 0 aliphatic carbocycles. The van der Waals surface area contributed by atoms with E-state index in [0.29, 0.717) is 27.9 Å². The summed E-state index contributed by atoms with van der Waals surface area (Å²) in [6, 6.07) is 30.8. The minimum absolute atomic E-state index is 0.0128. The van der Waals surface area contributed by atoms with Crippen LogP contribution >= 0.6 is 0 Å². The zero-order valence-electron chi connectivity index (χ0n) is 45.2. The summed E-state index contributed by atoms with van der Waals surface area (Å²) < 4.78 is 131. The van der Waals surface area contributed by atoms with E-state index in [1.165, 1.54) is 10.6 Å². The molecule has 0 aliphatic heterocycles. The normalized spacial score (nSPS) is 14.9. The van der Waals surface area contributed by atoms with Crippen LogP contribution in [-0.4, -0.2) is 19.5 Å². The maximum Gasteiger partial charge on any atom is 0.166 e. The van der Waals surface area contributed by atoms with Gasteiger partial charge < -0.3 is 8.98 Å². The van der Waals surface area contributed by atoms with E-state index in [0.717, 1.165) is 21.9 Å². The van der Waals surface area contributed by atoms with Crippen molar-refractivity contribution in [3.8, 4) is 62.1 Å². The molecule has 0 saturated carbocycles. The zero-order chi connectivity index (χ0) is 51.8. The largest absolute Gasteiger partial charge is 0.455 e. The van der Waals surface area contributed by atoms with Crippen LogP contribution in [-0.2, 0) is 0 Å². The number of hydrogen-bond donors (Lipinski definition) is 0. The summed E-state index contributed by atoms with van der Waals surface area (Å²) in [5.74, 6) is 0.467. The average molecular weight is 781 g/mol. The third-order valence-electron chi connectivity index (χ3n) is 10.7. The van der Waals surface area contributed by atoms with Gasteiger partial charge in [0.2, 0.25) is 0 Å². The van der Waals surface area contributed by atoms with Crippen molar-refractivity contribution < 1.29 is 23.6 Å². The predicted octanol–water partition coefficient (Wildman–Crippen LogP) is 14.4. The van der Waals surface area contributed by atoms with E-state index in [4.69, 9.17) is 37.2 Å². The third-order valence-corrected chi connectivity index (χ3v) is 10.7. The maximum atomic E-state index is 9.19. The van der Waals surface area contributed by atoms with Crippen molar-refractivity contribution in [3.63, 3.8) is 0 Å². The maximum absolute atomic E-state index is 9.19. The van der Waals surface area contributed by atoms with Crippen LogP contribution in [0.5, 0.6) is 0 Å². The molecule has 0 radical (unpaired) electrons. The number of hydrogen-bond acceptors (Lipinski definition) is 4. The smallest absolute Gasteiger partial charge is 0.166 e. The van der Waals surface area contributed by atoms with Gasteiger partial charge in [-0.2, -0.15) is 0 Å². The van der Waals surface area contributed by atoms with E-state index in [1.54, 1.807) is 48.5 Å². The average Bonchev–Trinajstić information content (AvgIpc) is 4.00. The van der Waals surface area contributed by atoms with Crippen LogP contribution in [0.4, 0.5) is 0 Å². The molecule has 9 aromatic carbocycles. The topological polar surface area (TPSA) is 56.7 Å². The quantitative estimate of drug-likeness (QED) is 0.169. The lowest BCUT2D eigenvalue weighted by Crippen LogP contribution is -2.03. The number of furan rings is 1. The first kappa shape index (κ1) is 22.7. The first-order valence-electron chi connectivity index (χ1n) is 26.0. The van der Waals surface area contributed by atoms with Gasteiger partial charge in [0.15, 0.2) is 17.5 Å². The number of rotatable bonds is 6.